The van der Waals surface area contributed by atoms with Crippen LogP contribution in [0.3, 0.4) is 0 Å². The Labute approximate surface area is 87.9 Å². The summed E-state index contributed by atoms with van der Waals surface area (Å²) in [4.78, 5) is 15.5. The predicted molar refractivity (Wildman–Crippen MR) is 55.7 cm³/mol. The first-order valence-electron chi connectivity index (χ1n) is 4.43. The number of rotatable bonds is 2. The fraction of sp³-hybridized carbons (Fsp3) is 0.200. The van der Waals surface area contributed by atoms with Crippen molar-refractivity contribution in [1.82, 2.24) is 5.06 Å². The lowest BCUT2D eigenvalue weighted by Gasteiger charge is -2.19. The van der Waals surface area contributed by atoms with E-state index in [0.29, 0.717) is 0 Å². The van der Waals surface area contributed by atoms with Crippen molar-refractivity contribution in [1.29, 1.82) is 5.41 Å². The van der Waals surface area contributed by atoms with Crippen molar-refractivity contribution in [2.45, 2.75) is 13.5 Å². The van der Waals surface area contributed by atoms with Gasteiger partial charge in [-0.05, 0) is 5.56 Å². The van der Waals surface area contributed by atoms with Crippen LogP contribution in [0.25, 0.3) is 0 Å². The largest absolute Gasteiger partial charge is 0.368 e. The van der Waals surface area contributed by atoms with Crippen molar-refractivity contribution in [3.63, 3.8) is 0 Å². The molecule has 0 unspecified atom stereocenters. The minimum absolute atomic E-state index is 0.274. The Kier molecular flexibility index (Phi) is 3.68. The average molecular weight is 207 g/mol. The predicted octanol–water partition coefficient (Wildman–Crippen LogP) is 0.860. The molecule has 3 N–H and O–H groups in total. The maximum Gasteiger partial charge on any atom is 0.329 e. The van der Waals surface area contributed by atoms with Crippen molar-refractivity contribution in [2.24, 2.45) is 5.73 Å². The third-order valence-electron chi connectivity index (χ3n) is 1.68. The topological polar surface area (TPSA) is 79.4 Å². The van der Waals surface area contributed by atoms with Gasteiger partial charge in [-0.1, -0.05) is 30.3 Å². The molecule has 80 valence electrons. The van der Waals surface area contributed by atoms with Gasteiger partial charge in [0.15, 0.2) is 0 Å². The first-order valence-corrected chi connectivity index (χ1v) is 4.43. The van der Waals surface area contributed by atoms with Crippen molar-refractivity contribution in [3.05, 3.63) is 35.9 Å². The molecule has 1 aromatic carbocycles. The highest BCUT2D eigenvalue weighted by Crippen LogP contribution is 2.04. The van der Waals surface area contributed by atoms with E-state index >= 15 is 0 Å². The maximum atomic E-state index is 10.7. The summed E-state index contributed by atoms with van der Waals surface area (Å²) in [6.07, 6.45) is 0. The first-order chi connectivity index (χ1) is 7.09. The van der Waals surface area contributed by atoms with E-state index in [2.05, 4.69) is 0 Å². The molecule has 0 bridgehead atoms. The minimum Gasteiger partial charge on any atom is -0.368 e. The van der Waals surface area contributed by atoms with Crippen LogP contribution in [0.5, 0.6) is 0 Å². The van der Waals surface area contributed by atoms with Crippen LogP contribution in [-0.4, -0.2) is 17.0 Å². The quantitative estimate of drug-likeness (QED) is 0.428. The summed E-state index contributed by atoms with van der Waals surface area (Å²) in [5, 5.41) is 8.26. The molecule has 5 nitrogen and oxygen atoms in total. The molecule has 0 spiro atoms. The average Bonchev–Trinajstić information content (AvgIpc) is 2.17. The molecule has 0 aliphatic heterocycles. The van der Waals surface area contributed by atoms with Crippen LogP contribution in [-0.2, 0) is 16.2 Å². The van der Waals surface area contributed by atoms with E-state index in [1.165, 1.54) is 6.92 Å². The normalized spacial score (nSPS) is 9.40. The summed E-state index contributed by atoms with van der Waals surface area (Å²) in [6.45, 7) is 1.54. The molecule has 0 saturated carbocycles. The van der Waals surface area contributed by atoms with Crippen molar-refractivity contribution in [2.75, 3.05) is 0 Å². The highest BCUT2D eigenvalue weighted by molar-refractivity contribution is 5.76. The molecule has 0 radical (unpaired) electrons. The lowest BCUT2D eigenvalue weighted by atomic mass is 10.2. The summed E-state index contributed by atoms with van der Waals surface area (Å²) >= 11 is 0. The maximum absolute atomic E-state index is 10.7. The number of guanidine groups is 1. The van der Waals surface area contributed by atoms with Gasteiger partial charge in [-0.3, -0.25) is 10.2 Å². The Hall–Kier alpha value is -2.04. The van der Waals surface area contributed by atoms with Gasteiger partial charge in [0.25, 0.3) is 0 Å². The molecule has 0 saturated heterocycles. The first kappa shape index (κ1) is 11.0. The van der Waals surface area contributed by atoms with Crippen LogP contribution in [0.4, 0.5) is 0 Å². The van der Waals surface area contributed by atoms with Gasteiger partial charge in [0, 0.05) is 6.92 Å². The van der Waals surface area contributed by atoms with Crippen LogP contribution >= 0.6 is 0 Å². The number of nitrogens with zero attached hydrogens (tertiary/aromatic N) is 1. The summed E-state index contributed by atoms with van der Waals surface area (Å²) < 4.78 is 0. The van der Waals surface area contributed by atoms with E-state index in [4.69, 9.17) is 16.0 Å². The zero-order valence-electron chi connectivity index (χ0n) is 8.43. The fourth-order valence-corrected chi connectivity index (χ4v) is 1.07. The fourth-order valence-electron chi connectivity index (χ4n) is 1.07. The van der Waals surface area contributed by atoms with Crippen LogP contribution in [0.2, 0.25) is 0 Å². The summed E-state index contributed by atoms with van der Waals surface area (Å²) in [7, 11) is 0. The second-order valence-corrected chi connectivity index (χ2v) is 2.99. The molecule has 1 rings (SSSR count). The van der Waals surface area contributed by atoms with Gasteiger partial charge < -0.3 is 10.6 Å². The third-order valence-corrected chi connectivity index (χ3v) is 1.68. The highest BCUT2D eigenvalue weighted by Gasteiger charge is 2.10. The van der Waals surface area contributed by atoms with Gasteiger partial charge in [-0.25, -0.2) is 0 Å². The van der Waals surface area contributed by atoms with Gasteiger partial charge in [-0.15, -0.1) is 0 Å². The van der Waals surface area contributed by atoms with E-state index in [9.17, 15) is 4.79 Å². The van der Waals surface area contributed by atoms with Gasteiger partial charge in [0.05, 0.1) is 6.54 Å². The molecule has 5 heteroatoms. The minimum atomic E-state index is -0.499. The van der Waals surface area contributed by atoms with Gasteiger partial charge in [-0.2, -0.15) is 5.06 Å². The Balaban J connectivity index is 2.67. The SMILES string of the molecule is CC(=O)ON(Cc1ccccc1)C(=N)N. The highest BCUT2D eigenvalue weighted by atomic mass is 16.7. The summed E-state index contributed by atoms with van der Waals surface area (Å²) in [5.74, 6) is -0.796. The van der Waals surface area contributed by atoms with Crippen LogP contribution < -0.4 is 5.73 Å². The zero-order chi connectivity index (χ0) is 11.3. The molecule has 0 aromatic heterocycles. The molecule has 1 aromatic rings. The molecule has 0 fully saturated rings. The Morgan fingerprint density at radius 1 is 1.47 bits per heavy atom. The number of nitrogens with two attached hydrogens (primary N) is 1. The molecule has 0 atom stereocenters. The molecule has 0 aliphatic carbocycles. The number of carbonyl (C=O) groups excluding carboxylic acids is 1. The molecular formula is C10H13N3O2. The van der Waals surface area contributed by atoms with Crippen molar-refractivity contribution >= 4 is 11.9 Å². The number of benzene rings is 1. The lowest BCUT2D eigenvalue weighted by Crippen LogP contribution is -2.37. The van der Waals surface area contributed by atoms with E-state index in [1.807, 2.05) is 30.3 Å². The van der Waals surface area contributed by atoms with E-state index in [1.54, 1.807) is 0 Å². The van der Waals surface area contributed by atoms with E-state index in [-0.39, 0.29) is 12.5 Å². The zero-order valence-corrected chi connectivity index (χ0v) is 8.43. The lowest BCUT2D eigenvalue weighted by molar-refractivity contribution is -0.172. The molecule has 0 heterocycles. The van der Waals surface area contributed by atoms with Gasteiger partial charge in [0.2, 0.25) is 5.96 Å². The Bertz CT molecular complexity index is 351. The number of carbonyl (C=O) groups is 1. The van der Waals surface area contributed by atoms with Crippen LogP contribution in [0.1, 0.15) is 12.5 Å². The second-order valence-electron chi connectivity index (χ2n) is 2.99. The smallest absolute Gasteiger partial charge is 0.329 e. The van der Waals surface area contributed by atoms with E-state index in [0.717, 1.165) is 10.6 Å². The van der Waals surface area contributed by atoms with E-state index < -0.39 is 5.97 Å². The summed E-state index contributed by atoms with van der Waals surface area (Å²) in [5.41, 5.74) is 6.18. The molecule has 0 aliphatic rings. The van der Waals surface area contributed by atoms with Crippen molar-refractivity contribution in [3.8, 4) is 0 Å². The van der Waals surface area contributed by atoms with Crippen LogP contribution in [0, 0.1) is 5.41 Å². The van der Waals surface area contributed by atoms with Crippen LogP contribution in [0.15, 0.2) is 30.3 Å². The number of hydroxylamine groups is 2. The second kappa shape index (κ2) is 4.99. The molecule has 0 amide bonds. The number of hydrogen-bond donors (Lipinski definition) is 2. The standard InChI is InChI=1S/C10H13N3O2/c1-8(14)15-13(10(11)12)7-9-5-3-2-4-6-9/h2-6H,7H2,1H3,(H3,11,12). The van der Waals surface area contributed by atoms with Gasteiger partial charge >= 0.3 is 5.97 Å². The number of nitrogens with one attached hydrogen (secondary N) is 1. The molecular weight excluding hydrogens is 194 g/mol. The van der Waals surface area contributed by atoms with Crippen molar-refractivity contribution < 1.29 is 9.63 Å². The van der Waals surface area contributed by atoms with Gasteiger partial charge in [0.1, 0.15) is 0 Å². The molecule has 15 heavy (non-hydrogen) atoms. The summed E-state index contributed by atoms with van der Waals surface area (Å²) in [6, 6.07) is 9.33. The Morgan fingerprint density at radius 2 is 2.07 bits per heavy atom. The Morgan fingerprint density at radius 3 is 2.53 bits per heavy atom. The number of hydrogen-bond acceptors (Lipinski definition) is 3. The third kappa shape index (κ3) is 3.68. The monoisotopic (exact) mass is 207 g/mol.